The third-order valence-electron chi connectivity index (χ3n) is 7.16. The minimum absolute atomic E-state index is 0.0393. The highest BCUT2D eigenvalue weighted by Gasteiger charge is 2.45. The van der Waals surface area contributed by atoms with Crippen LogP contribution in [-0.4, -0.2) is 72.1 Å². The molecular formula is C27H40F2N4O4. The van der Waals surface area contributed by atoms with Crippen LogP contribution < -0.4 is 16.0 Å². The number of benzene rings is 1. The van der Waals surface area contributed by atoms with Gasteiger partial charge >= 0.3 is 0 Å². The summed E-state index contributed by atoms with van der Waals surface area (Å²) in [4.78, 5) is 40.9. The van der Waals surface area contributed by atoms with Crippen LogP contribution in [0, 0.1) is 29.4 Å². The van der Waals surface area contributed by atoms with E-state index in [9.17, 15) is 28.3 Å². The van der Waals surface area contributed by atoms with Gasteiger partial charge in [-0.3, -0.25) is 14.4 Å². The van der Waals surface area contributed by atoms with Gasteiger partial charge in [0.2, 0.25) is 17.7 Å². The Morgan fingerprint density at radius 1 is 1.16 bits per heavy atom. The zero-order valence-electron chi connectivity index (χ0n) is 21.9. The first-order valence-electron chi connectivity index (χ1n) is 13.3. The second kappa shape index (κ2) is 13.3. The van der Waals surface area contributed by atoms with Crippen molar-refractivity contribution in [3.05, 3.63) is 35.4 Å². The summed E-state index contributed by atoms with van der Waals surface area (Å²) in [5.41, 5.74) is 0.237. The molecule has 37 heavy (non-hydrogen) atoms. The number of halogens is 2. The quantitative estimate of drug-likeness (QED) is 0.313. The highest BCUT2D eigenvalue weighted by atomic mass is 19.1. The molecule has 0 aliphatic carbocycles. The normalized spacial score (nSPS) is 23.8. The lowest BCUT2D eigenvalue weighted by molar-refractivity contribution is -0.134. The van der Waals surface area contributed by atoms with Crippen LogP contribution in [0.4, 0.5) is 8.78 Å². The van der Waals surface area contributed by atoms with Gasteiger partial charge < -0.3 is 26.0 Å². The Balaban J connectivity index is 1.83. The van der Waals surface area contributed by atoms with Crippen molar-refractivity contribution in [1.29, 1.82) is 0 Å². The van der Waals surface area contributed by atoms with Crippen molar-refractivity contribution in [1.82, 2.24) is 20.9 Å². The summed E-state index contributed by atoms with van der Waals surface area (Å²) in [6.45, 7) is 7.80. The summed E-state index contributed by atoms with van der Waals surface area (Å²) in [7, 11) is 0. The first kappa shape index (κ1) is 29.0. The van der Waals surface area contributed by atoms with Gasteiger partial charge in [0.05, 0.1) is 24.0 Å². The van der Waals surface area contributed by atoms with Gasteiger partial charge in [-0.15, -0.1) is 0 Å². The standard InChI is InChI=1S/C27H40F2N4O4/c1-4-5-6-9-33-15-21(20(27(33)37)10-16(2)3)25(35)32-22(13-17-11-18(28)14-19(29)12-17)24(34)23-26(36)31-8-7-30-23/h11-12,14,16,20-24,30,34H,4-10,13,15H2,1-3H3,(H,31,36)(H,32,35)/t20?,21?,22-,23-,24-/m0/s1. The largest absolute Gasteiger partial charge is 0.389 e. The number of carbonyl (C=O) groups is 3. The number of aliphatic hydroxyl groups is 1. The minimum Gasteiger partial charge on any atom is -0.389 e. The number of rotatable bonds is 12. The summed E-state index contributed by atoms with van der Waals surface area (Å²) in [5, 5.41) is 19.6. The lowest BCUT2D eigenvalue weighted by Gasteiger charge is -2.33. The van der Waals surface area contributed by atoms with E-state index in [2.05, 4.69) is 22.9 Å². The Kier molecular flexibility index (Phi) is 10.4. The van der Waals surface area contributed by atoms with Crippen LogP contribution in [0.1, 0.15) is 52.0 Å². The molecule has 1 aromatic carbocycles. The SMILES string of the molecule is CCCCCN1CC(C(=O)N[C@@H](Cc2cc(F)cc(F)c2)[C@H](O)[C@@H]2NCCNC2=O)C(CC(C)C)C1=O. The highest BCUT2D eigenvalue weighted by Crippen LogP contribution is 2.31. The summed E-state index contributed by atoms with van der Waals surface area (Å²) >= 11 is 0. The van der Waals surface area contributed by atoms with Crippen molar-refractivity contribution < 1.29 is 28.3 Å². The van der Waals surface area contributed by atoms with Crippen molar-refractivity contribution in [3.63, 3.8) is 0 Å². The van der Waals surface area contributed by atoms with E-state index in [0.717, 1.165) is 37.5 Å². The fourth-order valence-corrected chi connectivity index (χ4v) is 5.31. The van der Waals surface area contributed by atoms with E-state index in [-0.39, 0.29) is 30.4 Å². The molecule has 2 unspecified atom stereocenters. The predicted molar refractivity (Wildman–Crippen MR) is 135 cm³/mol. The number of hydrogen-bond acceptors (Lipinski definition) is 5. The fraction of sp³-hybridized carbons (Fsp3) is 0.667. The summed E-state index contributed by atoms with van der Waals surface area (Å²) in [5.74, 6) is -3.32. The summed E-state index contributed by atoms with van der Waals surface area (Å²) in [6.07, 6.45) is 1.96. The number of unbranched alkanes of at least 4 members (excludes halogenated alkanes) is 2. The summed E-state index contributed by atoms with van der Waals surface area (Å²) in [6, 6.07) is 1.01. The minimum atomic E-state index is -1.36. The molecule has 3 amide bonds. The van der Waals surface area contributed by atoms with E-state index in [1.807, 2.05) is 13.8 Å². The monoisotopic (exact) mass is 522 g/mol. The van der Waals surface area contributed by atoms with Crippen molar-refractivity contribution >= 4 is 17.7 Å². The second-order valence-corrected chi connectivity index (χ2v) is 10.6. The first-order chi connectivity index (χ1) is 17.6. The van der Waals surface area contributed by atoms with E-state index in [1.165, 1.54) is 0 Å². The van der Waals surface area contributed by atoms with Crippen LogP contribution in [0.3, 0.4) is 0 Å². The molecule has 10 heteroatoms. The van der Waals surface area contributed by atoms with Crippen molar-refractivity contribution in [3.8, 4) is 0 Å². The molecule has 0 radical (unpaired) electrons. The number of hydrogen-bond donors (Lipinski definition) is 4. The number of piperazine rings is 1. The Hall–Kier alpha value is -2.59. The number of nitrogens with zero attached hydrogens (tertiary/aromatic N) is 1. The molecule has 0 bridgehead atoms. The zero-order valence-corrected chi connectivity index (χ0v) is 21.9. The molecular weight excluding hydrogens is 482 g/mol. The average Bonchev–Trinajstić information content (AvgIpc) is 3.13. The van der Waals surface area contributed by atoms with Crippen LogP contribution in [-0.2, 0) is 20.8 Å². The number of likely N-dealkylation sites (tertiary alicyclic amines) is 1. The molecule has 0 spiro atoms. The lowest BCUT2D eigenvalue weighted by atomic mass is 9.86. The van der Waals surface area contributed by atoms with Gasteiger partial charge in [0.15, 0.2) is 0 Å². The lowest BCUT2D eigenvalue weighted by Crippen LogP contribution is -2.63. The maximum absolute atomic E-state index is 13.9. The fourth-order valence-electron chi connectivity index (χ4n) is 5.31. The van der Waals surface area contributed by atoms with Gasteiger partial charge in [-0.05, 0) is 42.9 Å². The number of nitrogens with one attached hydrogen (secondary N) is 3. The smallest absolute Gasteiger partial charge is 0.239 e. The van der Waals surface area contributed by atoms with Crippen LogP contribution in [0.25, 0.3) is 0 Å². The molecule has 0 saturated carbocycles. The van der Waals surface area contributed by atoms with Gasteiger partial charge in [0.1, 0.15) is 17.7 Å². The predicted octanol–water partition coefficient (Wildman–Crippen LogP) is 1.75. The molecule has 3 rings (SSSR count). The number of aliphatic hydroxyl groups excluding tert-OH is 1. The Bertz CT molecular complexity index is 940. The van der Waals surface area contributed by atoms with Crippen LogP contribution in [0.5, 0.6) is 0 Å². The number of amides is 3. The molecule has 206 valence electrons. The molecule has 2 fully saturated rings. The third-order valence-corrected chi connectivity index (χ3v) is 7.16. The van der Waals surface area contributed by atoms with E-state index in [4.69, 9.17) is 0 Å². The van der Waals surface area contributed by atoms with Gasteiger partial charge in [0.25, 0.3) is 0 Å². The van der Waals surface area contributed by atoms with E-state index < -0.39 is 53.5 Å². The van der Waals surface area contributed by atoms with E-state index in [1.54, 1.807) is 4.90 Å². The Morgan fingerprint density at radius 3 is 2.49 bits per heavy atom. The maximum Gasteiger partial charge on any atom is 0.239 e. The van der Waals surface area contributed by atoms with Crippen molar-refractivity contribution in [2.45, 2.75) is 71.1 Å². The molecule has 8 nitrogen and oxygen atoms in total. The van der Waals surface area contributed by atoms with E-state index in [0.29, 0.717) is 26.1 Å². The first-order valence-corrected chi connectivity index (χ1v) is 13.3. The van der Waals surface area contributed by atoms with Crippen LogP contribution in [0.2, 0.25) is 0 Å². The average molecular weight is 523 g/mol. The Labute approximate surface area is 217 Å². The highest BCUT2D eigenvalue weighted by molar-refractivity contribution is 5.91. The van der Waals surface area contributed by atoms with Crippen LogP contribution >= 0.6 is 0 Å². The maximum atomic E-state index is 13.9. The van der Waals surface area contributed by atoms with Gasteiger partial charge in [-0.25, -0.2) is 8.78 Å². The van der Waals surface area contributed by atoms with Crippen molar-refractivity contribution in [2.24, 2.45) is 17.8 Å². The summed E-state index contributed by atoms with van der Waals surface area (Å²) < 4.78 is 27.8. The van der Waals surface area contributed by atoms with Crippen LogP contribution in [0.15, 0.2) is 18.2 Å². The van der Waals surface area contributed by atoms with E-state index >= 15 is 0 Å². The molecule has 2 aliphatic heterocycles. The Morgan fingerprint density at radius 2 is 1.86 bits per heavy atom. The molecule has 2 heterocycles. The molecule has 2 aliphatic rings. The van der Waals surface area contributed by atoms with Gasteiger partial charge in [-0.2, -0.15) is 0 Å². The third kappa shape index (κ3) is 7.70. The topological polar surface area (TPSA) is 111 Å². The molecule has 4 N–H and O–H groups in total. The van der Waals surface area contributed by atoms with Gasteiger partial charge in [0, 0.05) is 32.2 Å². The molecule has 2 saturated heterocycles. The second-order valence-electron chi connectivity index (χ2n) is 10.6. The van der Waals surface area contributed by atoms with Gasteiger partial charge in [-0.1, -0.05) is 33.6 Å². The molecule has 5 atom stereocenters. The zero-order chi connectivity index (χ0) is 27.1. The number of carbonyl (C=O) groups excluding carboxylic acids is 3. The molecule has 0 aromatic heterocycles. The van der Waals surface area contributed by atoms with Crippen molar-refractivity contribution in [2.75, 3.05) is 26.2 Å². The molecule has 1 aromatic rings.